The number of nitrogens with one attached hydrogen (secondary N) is 1. The van der Waals surface area contributed by atoms with Crippen LogP contribution in [0.25, 0.3) is 0 Å². The maximum atomic E-state index is 12.5. The minimum absolute atomic E-state index is 0.127. The van der Waals surface area contributed by atoms with Gasteiger partial charge >= 0.3 is 6.18 Å². The zero-order valence-corrected chi connectivity index (χ0v) is 10.4. The summed E-state index contributed by atoms with van der Waals surface area (Å²) in [6.07, 6.45) is -3.27. The minimum Gasteiger partial charge on any atom is -0.394 e. The number of aliphatic hydroxyl groups excluding tert-OH is 1. The number of halogens is 3. The van der Waals surface area contributed by atoms with Gasteiger partial charge in [-0.25, -0.2) is 4.98 Å². The molecule has 3 nitrogen and oxygen atoms in total. The van der Waals surface area contributed by atoms with E-state index in [1.165, 1.54) is 12.1 Å². The molecule has 0 radical (unpaired) electrons. The minimum atomic E-state index is -4.46. The Morgan fingerprint density at radius 1 is 1.22 bits per heavy atom. The van der Waals surface area contributed by atoms with E-state index in [2.05, 4.69) is 10.3 Å². The Labute approximate surface area is 104 Å². The van der Waals surface area contributed by atoms with Crippen molar-refractivity contribution in [3.63, 3.8) is 0 Å². The zero-order chi connectivity index (χ0) is 13.8. The first kappa shape index (κ1) is 14.8. The van der Waals surface area contributed by atoms with Crippen LogP contribution in [-0.4, -0.2) is 22.2 Å². The number of rotatable bonds is 5. The number of alkyl halides is 3. The molecule has 0 fully saturated rings. The topological polar surface area (TPSA) is 45.1 Å². The van der Waals surface area contributed by atoms with Gasteiger partial charge in [0.15, 0.2) is 0 Å². The van der Waals surface area contributed by atoms with E-state index in [0.717, 1.165) is 6.07 Å². The Bertz CT molecular complexity index is 381. The molecule has 2 N–H and O–H groups in total. The van der Waals surface area contributed by atoms with Gasteiger partial charge in [-0.3, -0.25) is 0 Å². The van der Waals surface area contributed by atoms with Crippen molar-refractivity contribution in [2.75, 3.05) is 11.9 Å². The largest absolute Gasteiger partial charge is 0.433 e. The van der Waals surface area contributed by atoms with Gasteiger partial charge in [-0.2, -0.15) is 13.2 Å². The van der Waals surface area contributed by atoms with Crippen molar-refractivity contribution < 1.29 is 18.3 Å². The number of hydrogen-bond donors (Lipinski definition) is 2. The van der Waals surface area contributed by atoms with Crippen LogP contribution in [0.3, 0.4) is 0 Å². The third-order valence-electron chi connectivity index (χ3n) is 3.09. The number of aromatic nitrogens is 1. The maximum absolute atomic E-state index is 12.5. The molecule has 0 unspecified atom stereocenters. The summed E-state index contributed by atoms with van der Waals surface area (Å²) in [5.41, 5.74) is -1.57. The first-order chi connectivity index (χ1) is 8.37. The van der Waals surface area contributed by atoms with Gasteiger partial charge in [-0.15, -0.1) is 0 Å². The molecule has 0 amide bonds. The third kappa shape index (κ3) is 3.35. The fraction of sp³-hybridized carbons (Fsp3) is 0.583. The molecule has 1 aromatic rings. The average Bonchev–Trinajstić information content (AvgIpc) is 2.35. The molecule has 0 aliphatic rings. The van der Waals surface area contributed by atoms with Crippen molar-refractivity contribution in [2.45, 2.75) is 38.4 Å². The molecular weight excluding hydrogens is 245 g/mol. The van der Waals surface area contributed by atoms with E-state index in [1.807, 2.05) is 13.8 Å². The molecular formula is C12H17F3N2O. The van der Waals surface area contributed by atoms with Crippen LogP contribution in [0.1, 0.15) is 32.4 Å². The van der Waals surface area contributed by atoms with Crippen LogP contribution in [0.5, 0.6) is 0 Å². The predicted octanol–water partition coefficient (Wildman–Crippen LogP) is 3.06. The summed E-state index contributed by atoms with van der Waals surface area (Å²) in [6.45, 7) is 3.57. The van der Waals surface area contributed by atoms with Gasteiger partial charge in [0.2, 0.25) is 0 Å². The fourth-order valence-electron chi connectivity index (χ4n) is 1.62. The van der Waals surface area contributed by atoms with Crippen LogP contribution in [0.2, 0.25) is 0 Å². The Kier molecular flexibility index (Phi) is 4.56. The molecule has 1 heterocycles. The van der Waals surface area contributed by atoms with Gasteiger partial charge in [0, 0.05) is 0 Å². The number of aliphatic hydroxyl groups is 1. The van der Waals surface area contributed by atoms with E-state index >= 15 is 0 Å². The standard InChI is InChI=1S/C12H17F3N2O/c1-3-11(4-2,8-18)17-10-7-5-6-9(16-10)12(13,14)15/h5-7,18H,3-4,8H2,1-2H3,(H,16,17). The predicted molar refractivity (Wildman–Crippen MR) is 63.3 cm³/mol. The summed E-state index contributed by atoms with van der Waals surface area (Å²) in [4.78, 5) is 3.53. The molecule has 1 rings (SSSR count). The lowest BCUT2D eigenvalue weighted by Crippen LogP contribution is -2.41. The molecule has 102 valence electrons. The Hall–Kier alpha value is -1.30. The summed E-state index contributed by atoms with van der Waals surface area (Å²) < 4.78 is 37.5. The molecule has 0 aromatic carbocycles. The van der Waals surface area contributed by atoms with Crippen LogP contribution in [0.4, 0.5) is 19.0 Å². The normalized spacial score (nSPS) is 12.6. The van der Waals surface area contributed by atoms with E-state index < -0.39 is 17.4 Å². The number of pyridine rings is 1. The summed E-state index contributed by atoms with van der Waals surface area (Å²) in [5, 5.41) is 12.2. The van der Waals surface area contributed by atoms with Gasteiger partial charge < -0.3 is 10.4 Å². The van der Waals surface area contributed by atoms with Gasteiger partial charge in [0.05, 0.1) is 12.1 Å². The lowest BCUT2D eigenvalue weighted by Gasteiger charge is -2.31. The molecule has 0 atom stereocenters. The Morgan fingerprint density at radius 2 is 1.83 bits per heavy atom. The average molecular weight is 262 g/mol. The van der Waals surface area contributed by atoms with Crippen LogP contribution < -0.4 is 5.32 Å². The number of anilines is 1. The first-order valence-corrected chi connectivity index (χ1v) is 5.80. The lowest BCUT2D eigenvalue weighted by atomic mass is 9.94. The Morgan fingerprint density at radius 3 is 2.28 bits per heavy atom. The highest BCUT2D eigenvalue weighted by Crippen LogP contribution is 2.29. The molecule has 18 heavy (non-hydrogen) atoms. The van der Waals surface area contributed by atoms with Crippen molar-refractivity contribution in [3.8, 4) is 0 Å². The SMILES string of the molecule is CCC(CC)(CO)Nc1cccc(C(F)(F)F)n1. The zero-order valence-electron chi connectivity index (χ0n) is 10.4. The lowest BCUT2D eigenvalue weighted by molar-refractivity contribution is -0.141. The van der Waals surface area contributed by atoms with Crippen LogP contribution in [0.15, 0.2) is 18.2 Å². The molecule has 0 spiro atoms. The van der Waals surface area contributed by atoms with Crippen molar-refractivity contribution in [1.82, 2.24) is 4.98 Å². The molecule has 0 saturated carbocycles. The van der Waals surface area contributed by atoms with Crippen molar-refractivity contribution in [3.05, 3.63) is 23.9 Å². The summed E-state index contributed by atoms with van der Waals surface area (Å²) >= 11 is 0. The number of nitrogens with zero attached hydrogens (tertiary/aromatic N) is 1. The van der Waals surface area contributed by atoms with E-state index in [4.69, 9.17) is 0 Å². The fourth-order valence-corrected chi connectivity index (χ4v) is 1.62. The van der Waals surface area contributed by atoms with E-state index in [9.17, 15) is 18.3 Å². The monoisotopic (exact) mass is 262 g/mol. The van der Waals surface area contributed by atoms with E-state index in [-0.39, 0.29) is 12.4 Å². The van der Waals surface area contributed by atoms with E-state index in [0.29, 0.717) is 12.8 Å². The molecule has 6 heteroatoms. The summed E-state index contributed by atoms with van der Waals surface area (Å²) in [5.74, 6) is 0.127. The van der Waals surface area contributed by atoms with Gasteiger partial charge in [0.1, 0.15) is 11.5 Å². The van der Waals surface area contributed by atoms with Crippen LogP contribution in [-0.2, 0) is 6.18 Å². The molecule has 0 aliphatic heterocycles. The Balaban J connectivity index is 2.98. The van der Waals surface area contributed by atoms with Crippen molar-refractivity contribution in [1.29, 1.82) is 0 Å². The second-order valence-electron chi connectivity index (χ2n) is 4.18. The second kappa shape index (κ2) is 5.56. The highest BCUT2D eigenvalue weighted by atomic mass is 19.4. The van der Waals surface area contributed by atoms with Crippen molar-refractivity contribution in [2.24, 2.45) is 0 Å². The summed E-state index contributed by atoms with van der Waals surface area (Å²) in [7, 11) is 0. The molecule has 0 aliphatic carbocycles. The second-order valence-corrected chi connectivity index (χ2v) is 4.18. The van der Waals surface area contributed by atoms with Gasteiger partial charge in [-0.1, -0.05) is 19.9 Å². The molecule has 0 bridgehead atoms. The quantitative estimate of drug-likeness (QED) is 0.857. The van der Waals surface area contributed by atoms with Gasteiger partial charge in [-0.05, 0) is 25.0 Å². The maximum Gasteiger partial charge on any atom is 0.433 e. The summed E-state index contributed by atoms with van der Waals surface area (Å²) in [6, 6.07) is 3.68. The highest BCUT2D eigenvalue weighted by molar-refractivity contribution is 5.39. The highest BCUT2D eigenvalue weighted by Gasteiger charge is 2.33. The van der Waals surface area contributed by atoms with Gasteiger partial charge in [0.25, 0.3) is 0 Å². The first-order valence-electron chi connectivity index (χ1n) is 5.80. The number of hydrogen-bond acceptors (Lipinski definition) is 3. The van der Waals surface area contributed by atoms with Crippen molar-refractivity contribution >= 4 is 5.82 Å². The third-order valence-corrected chi connectivity index (χ3v) is 3.09. The van der Waals surface area contributed by atoms with Crippen LogP contribution >= 0.6 is 0 Å². The smallest absolute Gasteiger partial charge is 0.394 e. The van der Waals surface area contributed by atoms with Crippen LogP contribution in [0, 0.1) is 0 Å². The molecule has 0 saturated heterocycles. The van der Waals surface area contributed by atoms with E-state index in [1.54, 1.807) is 0 Å². The molecule has 1 aromatic heterocycles.